The molecular formula is C15H12OS. The van der Waals surface area contributed by atoms with Crippen LogP contribution in [0.15, 0.2) is 58.3 Å². The first-order valence-electron chi connectivity index (χ1n) is 5.54. The van der Waals surface area contributed by atoms with Crippen molar-refractivity contribution in [2.45, 2.75) is 6.92 Å². The number of aryl methyl sites for hydroxylation is 1. The summed E-state index contributed by atoms with van der Waals surface area (Å²) in [6.07, 6.45) is 0. The lowest BCUT2D eigenvalue weighted by atomic mass is 10.1. The second-order valence-electron chi connectivity index (χ2n) is 3.97. The van der Waals surface area contributed by atoms with Crippen molar-refractivity contribution in [3.8, 4) is 22.0 Å². The van der Waals surface area contributed by atoms with Crippen molar-refractivity contribution >= 4 is 11.3 Å². The molecule has 3 aromatic rings. The first-order chi connectivity index (χ1) is 8.34. The molecule has 0 amide bonds. The molecule has 0 unspecified atom stereocenters. The third-order valence-electron chi connectivity index (χ3n) is 2.72. The van der Waals surface area contributed by atoms with E-state index < -0.39 is 0 Å². The van der Waals surface area contributed by atoms with Gasteiger partial charge in [0.15, 0.2) is 0 Å². The summed E-state index contributed by atoms with van der Waals surface area (Å²) in [5.41, 5.74) is 2.31. The summed E-state index contributed by atoms with van der Waals surface area (Å²) in [4.78, 5) is 1.18. The minimum absolute atomic E-state index is 0.937. The Morgan fingerprint density at radius 1 is 1.00 bits per heavy atom. The van der Waals surface area contributed by atoms with Gasteiger partial charge in [0.25, 0.3) is 0 Å². The third-order valence-corrected chi connectivity index (χ3v) is 3.59. The number of hydrogen-bond acceptors (Lipinski definition) is 2. The molecule has 0 atom stereocenters. The molecule has 17 heavy (non-hydrogen) atoms. The molecule has 1 aromatic carbocycles. The Kier molecular flexibility index (Phi) is 2.57. The van der Waals surface area contributed by atoms with Crippen LogP contribution in [0.2, 0.25) is 0 Å². The normalized spacial score (nSPS) is 10.6. The molecule has 0 saturated heterocycles. The maximum absolute atomic E-state index is 5.96. The van der Waals surface area contributed by atoms with Gasteiger partial charge in [-0.2, -0.15) is 0 Å². The van der Waals surface area contributed by atoms with Gasteiger partial charge < -0.3 is 4.42 Å². The van der Waals surface area contributed by atoms with Gasteiger partial charge in [-0.25, -0.2) is 0 Å². The van der Waals surface area contributed by atoms with E-state index in [1.807, 2.05) is 24.3 Å². The number of furan rings is 1. The summed E-state index contributed by atoms with van der Waals surface area (Å²) in [6.45, 7) is 2.09. The fourth-order valence-corrected chi connectivity index (χ4v) is 2.65. The first kappa shape index (κ1) is 10.4. The van der Waals surface area contributed by atoms with Crippen LogP contribution in [-0.2, 0) is 0 Å². The van der Waals surface area contributed by atoms with Crippen molar-refractivity contribution in [1.82, 2.24) is 0 Å². The number of benzene rings is 1. The fourth-order valence-electron chi connectivity index (χ4n) is 1.88. The lowest BCUT2D eigenvalue weighted by Gasteiger charge is -1.95. The van der Waals surface area contributed by atoms with Gasteiger partial charge in [0.1, 0.15) is 11.5 Å². The van der Waals surface area contributed by atoms with Crippen molar-refractivity contribution in [3.63, 3.8) is 0 Å². The Labute approximate surface area is 104 Å². The van der Waals surface area contributed by atoms with Crippen molar-refractivity contribution in [2.24, 2.45) is 0 Å². The molecule has 0 bridgehead atoms. The Morgan fingerprint density at radius 2 is 1.82 bits per heavy atom. The third kappa shape index (κ3) is 1.92. The monoisotopic (exact) mass is 240 g/mol. The van der Waals surface area contributed by atoms with Crippen molar-refractivity contribution in [2.75, 3.05) is 0 Å². The van der Waals surface area contributed by atoms with Crippen LogP contribution in [0.25, 0.3) is 22.0 Å². The highest BCUT2D eigenvalue weighted by atomic mass is 32.1. The SMILES string of the molecule is Cc1cc(-c2ccccc2)oc1-c1cccs1. The topological polar surface area (TPSA) is 13.1 Å². The predicted molar refractivity (Wildman–Crippen MR) is 72.2 cm³/mol. The lowest BCUT2D eigenvalue weighted by molar-refractivity contribution is 0.597. The summed E-state index contributed by atoms with van der Waals surface area (Å²) in [5.74, 6) is 1.92. The van der Waals surface area contributed by atoms with Crippen LogP contribution in [0.1, 0.15) is 5.56 Å². The molecule has 0 aliphatic rings. The smallest absolute Gasteiger partial charge is 0.147 e. The molecule has 2 heteroatoms. The van der Waals surface area contributed by atoms with Crippen LogP contribution < -0.4 is 0 Å². The molecule has 0 aliphatic heterocycles. The molecule has 0 fully saturated rings. The quantitative estimate of drug-likeness (QED) is 0.615. The van der Waals surface area contributed by atoms with E-state index in [0.717, 1.165) is 17.1 Å². The van der Waals surface area contributed by atoms with Crippen LogP contribution >= 0.6 is 11.3 Å². The number of hydrogen-bond donors (Lipinski definition) is 0. The molecule has 0 radical (unpaired) electrons. The molecule has 0 spiro atoms. The summed E-state index contributed by atoms with van der Waals surface area (Å²) in [7, 11) is 0. The minimum atomic E-state index is 0.937. The van der Waals surface area contributed by atoms with Crippen molar-refractivity contribution in [3.05, 3.63) is 59.5 Å². The zero-order chi connectivity index (χ0) is 11.7. The highest BCUT2D eigenvalue weighted by Crippen LogP contribution is 2.34. The summed E-state index contributed by atoms with van der Waals surface area (Å²) in [5, 5.41) is 2.07. The second kappa shape index (κ2) is 4.22. The molecule has 84 valence electrons. The van der Waals surface area contributed by atoms with E-state index in [9.17, 15) is 0 Å². The maximum Gasteiger partial charge on any atom is 0.147 e. The van der Waals surface area contributed by atoms with Gasteiger partial charge in [-0.05, 0) is 30.0 Å². The van der Waals surface area contributed by atoms with E-state index in [1.54, 1.807) is 11.3 Å². The average molecular weight is 240 g/mol. The first-order valence-corrected chi connectivity index (χ1v) is 6.42. The zero-order valence-corrected chi connectivity index (χ0v) is 10.3. The molecule has 3 rings (SSSR count). The summed E-state index contributed by atoms with van der Waals surface area (Å²) >= 11 is 1.70. The van der Waals surface area contributed by atoms with Gasteiger partial charge >= 0.3 is 0 Å². The molecule has 2 aromatic heterocycles. The standard InChI is InChI=1S/C15H12OS/c1-11-10-13(12-6-3-2-4-7-12)16-15(11)14-8-5-9-17-14/h2-10H,1H3. The molecule has 2 heterocycles. The average Bonchev–Trinajstić information content (AvgIpc) is 2.99. The number of thiophene rings is 1. The van der Waals surface area contributed by atoms with Crippen LogP contribution in [0, 0.1) is 6.92 Å². The van der Waals surface area contributed by atoms with Crippen molar-refractivity contribution < 1.29 is 4.42 Å². The van der Waals surface area contributed by atoms with E-state index in [0.29, 0.717) is 0 Å². The van der Waals surface area contributed by atoms with E-state index in [1.165, 1.54) is 10.4 Å². The Bertz CT molecular complexity index is 606. The molecule has 0 aliphatic carbocycles. The van der Waals surface area contributed by atoms with Gasteiger partial charge in [0.05, 0.1) is 4.88 Å². The van der Waals surface area contributed by atoms with Crippen LogP contribution in [0.3, 0.4) is 0 Å². The van der Waals surface area contributed by atoms with Gasteiger partial charge in [-0.15, -0.1) is 11.3 Å². The van der Waals surface area contributed by atoms with Gasteiger partial charge in [0, 0.05) is 5.56 Å². The molecule has 0 N–H and O–H groups in total. The van der Waals surface area contributed by atoms with Crippen molar-refractivity contribution in [1.29, 1.82) is 0 Å². The second-order valence-corrected chi connectivity index (χ2v) is 4.91. The lowest BCUT2D eigenvalue weighted by Crippen LogP contribution is -1.70. The molecular weight excluding hydrogens is 228 g/mol. The van der Waals surface area contributed by atoms with E-state index in [2.05, 4.69) is 36.6 Å². The molecule has 0 saturated carbocycles. The highest BCUT2D eigenvalue weighted by molar-refractivity contribution is 7.13. The Hall–Kier alpha value is -1.80. The van der Waals surface area contributed by atoms with Crippen LogP contribution in [0.4, 0.5) is 0 Å². The van der Waals surface area contributed by atoms with E-state index >= 15 is 0 Å². The number of rotatable bonds is 2. The predicted octanol–water partition coefficient (Wildman–Crippen LogP) is 4.98. The summed E-state index contributed by atoms with van der Waals surface area (Å²) in [6, 6.07) is 16.4. The summed E-state index contributed by atoms with van der Waals surface area (Å²) < 4.78 is 5.96. The largest absolute Gasteiger partial charge is 0.455 e. The fraction of sp³-hybridized carbons (Fsp3) is 0.0667. The van der Waals surface area contributed by atoms with Gasteiger partial charge in [-0.3, -0.25) is 0 Å². The van der Waals surface area contributed by atoms with Gasteiger partial charge in [-0.1, -0.05) is 36.4 Å². The maximum atomic E-state index is 5.96. The Morgan fingerprint density at radius 3 is 2.53 bits per heavy atom. The van der Waals surface area contributed by atoms with Crippen LogP contribution in [0.5, 0.6) is 0 Å². The van der Waals surface area contributed by atoms with Crippen LogP contribution in [-0.4, -0.2) is 0 Å². The minimum Gasteiger partial charge on any atom is -0.455 e. The zero-order valence-electron chi connectivity index (χ0n) is 9.51. The highest BCUT2D eigenvalue weighted by Gasteiger charge is 2.11. The van der Waals surface area contributed by atoms with E-state index in [-0.39, 0.29) is 0 Å². The van der Waals surface area contributed by atoms with Gasteiger partial charge in [0.2, 0.25) is 0 Å². The van der Waals surface area contributed by atoms with E-state index in [4.69, 9.17) is 4.42 Å². The molecule has 1 nitrogen and oxygen atoms in total. The Balaban J connectivity index is 2.08.